The Morgan fingerprint density at radius 1 is 1.15 bits per heavy atom. The molecule has 0 amide bonds. The van der Waals surface area contributed by atoms with E-state index >= 15 is 0 Å². The van der Waals surface area contributed by atoms with Crippen molar-refractivity contribution in [2.24, 2.45) is 13.0 Å². The third kappa shape index (κ3) is 4.13. The fraction of sp³-hybridized carbons (Fsp3) is 0.571. The molecule has 2 saturated heterocycles. The van der Waals surface area contributed by atoms with E-state index in [0.717, 1.165) is 18.5 Å². The Kier molecular flexibility index (Phi) is 6.38. The molecule has 4 rings (SSSR count). The van der Waals surface area contributed by atoms with Crippen molar-refractivity contribution in [3.63, 3.8) is 0 Å². The van der Waals surface area contributed by atoms with Gasteiger partial charge in [0, 0.05) is 31.4 Å². The number of rotatable bonds is 4. The monoisotopic (exact) mass is 374 g/mol. The van der Waals surface area contributed by atoms with Crippen LogP contribution in [0.3, 0.4) is 0 Å². The number of nitrogens with one attached hydrogen (secondary N) is 1. The lowest BCUT2D eigenvalue weighted by Crippen LogP contribution is -2.40. The largest absolute Gasteiger partial charge is 0.314 e. The van der Waals surface area contributed by atoms with Crippen LogP contribution in [0.4, 0.5) is 0 Å². The molecule has 0 aliphatic carbocycles. The SMILES string of the molecule is Cc1ccc(CN2CCC(C3CCCN3)CC2)c(-c2ccnn2C)c1.Cl. The van der Waals surface area contributed by atoms with Crippen molar-refractivity contribution in [3.05, 3.63) is 41.6 Å². The summed E-state index contributed by atoms with van der Waals surface area (Å²) in [5, 5.41) is 8.06. The highest BCUT2D eigenvalue weighted by Gasteiger charge is 2.28. The predicted octanol–water partition coefficient (Wildman–Crippen LogP) is 3.78. The summed E-state index contributed by atoms with van der Waals surface area (Å²) in [6.45, 7) is 6.89. The minimum atomic E-state index is 0. The third-order valence-corrected chi connectivity index (χ3v) is 6.06. The molecule has 1 unspecified atom stereocenters. The molecule has 142 valence electrons. The molecule has 2 aromatic rings. The van der Waals surface area contributed by atoms with Crippen LogP contribution in [-0.4, -0.2) is 40.4 Å². The number of hydrogen-bond acceptors (Lipinski definition) is 3. The molecule has 2 aliphatic rings. The lowest BCUT2D eigenvalue weighted by atomic mass is 9.88. The quantitative estimate of drug-likeness (QED) is 0.884. The van der Waals surface area contributed by atoms with E-state index in [2.05, 4.69) is 46.5 Å². The normalized spacial score (nSPS) is 21.7. The summed E-state index contributed by atoms with van der Waals surface area (Å²) >= 11 is 0. The summed E-state index contributed by atoms with van der Waals surface area (Å²) in [7, 11) is 2.03. The predicted molar refractivity (Wildman–Crippen MR) is 110 cm³/mol. The van der Waals surface area contributed by atoms with Crippen LogP contribution in [0.1, 0.15) is 36.8 Å². The number of halogens is 1. The summed E-state index contributed by atoms with van der Waals surface area (Å²) in [6.07, 6.45) is 7.31. The summed E-state index contributed by atoms with van der Waals surface area (Å²) < 4.78 is 1.98. The Hall–Kier alpha value is -1.36. The molecule has 0 radical (unpaired) electrons. The maximum absolute atomic E-state index is 4.36. The Bertz CT molecular complexity index is 713. The molecule has 0 saturated carbocycles. The lowest BCUT2D eigenvalue weighted by molar-refractivity contribution is 0.157. The van der Waals surface area contributed by atoms with Gasteiger partial charge in [-0.05, 0) is 75.9 Å². The second-order valence-electron chi connectivity index (χ2n) is 7.82. The zero-order valence-electron chi connectivity index (χ0n) is 15.9. The fourth-order valence-electron chi connectivity index (χ4n) is 4.57. The molecule has 26 heavy (non-hydrogen) atoms. The molecular weight excluding hydrogens is 344 g/mol. The van der Waals surface area contributed by atoms with Crippen LogP contribution in [0.2, 0.25) is 0 Å². The van der Waals surface area contributed by atoms with Gasteiger partial charge in [0.1, 0.15) is 0 Å². The molecule has 0 spiro atoms. The van der Waals surface area contributed by atoms with Crippen molar-refractivity contribution in [1.29, 1.82) is 0 Å². The van der Waals surface area contributed by atoms with E-state index in [1.54, 1.807) is 0 Å². The maximum atomic E-state index is 4.36. The average Bonchev–Trinajstić information content (AvgIpc) is 3.29. The second kappa shape index (κ2) is 8.55. The molecule has 3 heterocycles. The Morgan fingerprint density at radius 3 is 2.62 bits per heavy atom. The van der Waals surface area contributed by atoms with E-state index in [-0.39, 0.29) is 12.4 Å². The molecule has 5 heteroatoms. The van der Waals surface area contributed by atoms with Gasteiger partial charge >= 0.3 is 0 Å². The number of aryl methyl sites for hydroxylation is 2. The van der Waals surface area contributed by atoms with Gasteiger partial charge < -0.3 is 5.32 Å². The molecule has 1 aromatic heterocycles. The number of aromatic nitrogens is 2. The van der Waals surface area contributed by atoms with E-state index < -0.39 is 0 Å². The first kappa shape index (κ1) is 19.4. The van der Waals surface area contributed by atoms with E-state index in [1.807, 2.05) is 17.9 Å². The average molecular weight is 375 g/mol. The number of likely N-dealkylation sites (tertiary alicyclic amines) is 1. The van der Waals surface area contributed by atoms with E-state index in [0.29, 0.717) is 0 Å². The van der Waals surface area contributed by atoms with Gasteiger partial charge in [-0.2, -0.15) is 5.10 Å². The van der Waals surface area contributed by atoms with Crippen LogP contribution in [0, 0.1) is 12.8 Å². The van der Waals surface area contributed by atoms with Gasteiger partial charge in [-0.3, -0.25) is 9.58 Å². The van der Waals surface area contributed by atoms with Gasteiger partial charge in [0.15, 0.2) is 0 Å². The molecule has 1 atom stereocenters. The van der Waals surface area contributed by atoms with Gasteiger partial charge in [0.05, 0.1) is 5.69 Å². The molecule has 4 nitrogen and oxygen atoms in total. The molecular formula is C21H31ClN4. The summed E-state index contributed by atoms with van der Waals surface area (Å²) in [5.41, 5.74) is 5.28. The Balaban J connectivity index is 0.00000196. The zero-order chi connectivity index (χ0) is 17.2. The van der Waals surface area contributed by atoms with Crippen molar-refractivity contribution in [2.75, 3.05) is 19.6 Å². The van der Waals surface area contributed by atoms with Crippen LogP contribution in [0.15, 0.2) is 30.5 Å². The van der Waals surface area contributed by atoms with Crippen LogP contribution in [0.25, 0.3) is 11.3 Å². The number of nitrogens with zero attached hydrogens (tertiary/aromatic N) is 3. The minimum absolute atomic E-state index is 0. The van der Waals surface area contributed by atoms with Gasteiger partial charge in [-0.15, -0.1) is 12.4 Å². The highest BCUT2D eigenvalue weighted by molar-refractivity contribution is 5.85. The van der Waals surface area contributed by atoms with Gasteiger partial charge in [-0.25, -0.2) is 0 Å². The standard InChI is InChI=1S/C21H30N4.ClH/c1-16-5-6-18(19(14-16)21-7-11-23-24(21)2)15-25-12-8-17(9-13-25)20-4-3-10-22-20;/h5-7,11,14,17,20,22H,3-4,8-10,12-13,15H2,1-2H3;1H. The maximum Gasteiger partial charge on any atom is 0.0682 e. The number of piperidine rings is 1. The molecule has 2 aliphatic heterocycles. The zero-order valence-corrected chi connectivity index (χ0v) is 16.8. The van der Waals surface area contributed by atoms with Crippen LogP contribution in [-0.2, 0) is 13.6 Å². The molecule has 1 N–H and O–H groups in total. The van der Waals surface area contributed by atoms with Crippen LogP contribution < -0.4 is 5.32 Å². The van der Waals surface area contributed by atoms with Gasteiger partial charge in [-0.1, -0.05) is 17.7 Å². The van der Waals surface area contributed by atoms with E-state index in [9.17, 15) is 0 Å². The number of benzene rings is 1. The van der Waals surface area contributed by atoms with Crippen molar-refractivity contribution in [2.45, 2.75) is 45.2 Å². The smallest absolute Gasteiger partial charge is 0.0682 e. The third-order valence-electron chi connectivity index (χ3n) is 6.06. The van der Waals surface area contributed by atoms with Crippen molar-refractivity contribution >= 4 is 12.4 Å². The van der Waals surface area contributed by atoms with Crippen molar-refractivity contribution in [3.8, 4) is 11.3 Å². The summed E-state index contributed by atoms with van der Waals surface area (Å²) in [5.74, 6) is 0.883. The first-order chi connectivity index (χ1) is 12.2. The van der Waals surface area contributed by atoms with Crippen molar-refractivity contribution in [1.82, 2.24) is 20.0 Å². The van der Waals surface area contributed by atoms with Gasteiger partial charge in [0.2, 0.25) is 0 Å². The fourth-order valence-corrected chi connectivity index (χ4v) is 4.57. The Morgan fingerprint density at radius 2 is 1.96 bits per heavy atom. The van der Waals surface area contributed by atoms with Crippen molar-refractivity contribution < 1.29 is 0 Å². The first-order valence-electron chi connectivity index (χ1n) is 9.74. The highest BCUT2D eigenvalue weighted by Crippen LogP contribution is 2.29. The highest BCUT2D eigenvalue weighted by atomic mass is 35.5. The molecule has 0 bridgehead atoms. The lowest BCUT2D eigenvalue weighted by Gasteiger charge is -2.35. The van der Waals surface area contributed by atoms with E-state index in [4.69, 9.17) is 0 Å². The van der Waals surface area contributed by atoms with Gasteiger partial charge in [0.25, 0.3) is 0 Å². The minimum Gasteiger partial charge on any atom is -0.314 e. The van der Waals surface area contributed by atoms with Crippen LogP contribution >= 0.6 is 12.4 Å². The first-order valence-corrected chi connectivity index (χ1v) is 9.74. The number of hydrogen-bond donors (Lipinski definition) is 1. The van der Waals surface area contributed by atoms with E-state index in [1.165, 1.54) is 67.7 Å². The topological polar surface area (TPSA) is 33.1 Å². The second-order valence-corrected chi connectivity index (χ2v) is 7.82. The summed E-state index contributed by atoms with van der Waals surface area (Å²) in [4.78, 5) is 2.63. The molecule has 1 aromatic carbocycles. The van der Waals surface area contributed by atoms with Crippen LogP contribution in [0.5, 0.6) is 0 Å². The summed E-state index contributed by atoms with van der Waals surface area (Å²) in [6, 6.07) is 9.76. The Labute approximate surface area is 163 Å². The molecule has 2 fully saturated rings.